The predicted octanol–water partition coefficient (Wildman–Crippen LogP) is -0.630. The number of carbonyl (C=O) groups is 2. The fourth-order valence-corrected chi connectivity index (χ4v) is 1.25. The molecule has 2 aromatic rings. The summed E-state index contributed by atoms with van der Waals surface area (Å²) in [6, 6.07) is 0. The number of nitrogens with zero attached hydrogens (tertiary/aromatic N) is 3. The first-order valence-corrected chi connectivity index (χ1v) is 4.75. The van der Waals surface area contributed by atoms with Crippen LogP contribution in [0.25, 0.3) is 11.2 Å². The zero-order valence-corrected chi connectivity index (χ0v) is 9.09. The molecule has 0 aliphatic heterocycles. The summed E-state index contributed by atoms with van der Waals surface area (Å²) in [5.74, 6) is -1.78. The molecule has 9 heteroatoms. The molecule has 0 spiro atoms. The van der Waals surface area contributed by atoms with E-state index in [-0.39, 0.29) is 22.8 Å². The van der Waals surface area contributed by atoms with Gasteiger partial charge in [-0.25, -0.2) is 14.8 Å². The van der Waals surface area contributed by atoms with Crippen molar-refractivity contribution in [3.8, 4) is 0 Å². The standard InChI is InChI=1S/C9H7N5O4/c1-3(15)11-9-13-6-5(7(16)14-9)12-4(2-10-6)8(17)18/h2H,1H3,(H,17,18)(H2,10,11,13,14,15,16). The van der Waals surface area contributed by atoms with E-state index in [4.69, 9.17) is 5.11 Å². The molecule has 0 atom stereocenters. The third kappa shape index (κ3) is 2.14. The quantitative estimate of drug-likeness (QED) is 0.643. The molecule has 2 heterocycles. The molecule has 92 valence electrons. The lowest BCUT2D eigenvalue weighted by molar-refractivity contribution is -0.114. The Balaban J connectivity index is 2.62. The zero-order chi connectivity index (χ0) is 13.3. The number of H-pyrrole nitrogens is 1. The number of rotatable bonds is 2. The highest BCUT2D eigenvalue weighted by atomic mass is 16.4. The molecule has 0 radical (unpaired) electrons. The first-order valence-electron chi connectivity index (χ1n) is 4.75. The van der Waals surface area contributed by atoms with Crippen molar-refractivity contribution < 1.29 is 14.7 Å². The number of hydrogen-bond acceptors (Lipinski definition) is 6. The van der Waals surface area contributed by atoms with Crippen molar-refractivity contribution in [2.75, 3.05) is 5.32 Å². The number of carboxylic acid groups (broad SMARTS) is 1. The number of nitrogens with one attached hydrogen (secondary N) is 2. The number of carbonyl (C=O) groups excluding carboxylic acids is 1. The number of aromatic amines is 1. The number of anilines is 1. The van der Waals surface area contributed by atoms with Gasteiger partial charge in [-0.1, -0.05) is 0 Å². The van der Waals surface area contributed by atoms with Crippen LogP contribution in [0.2, 0.25) is 0 Å². The Labute approximate surface area is 98.9 Å². The second-order valence-corrected chi connectivity index (χ2v) is 3.33. The molecule has 0 aliphatic carbocycles. The zero-order valence-electron chi connectivity index (χ0n) is 9.09. The molecular weight excluding hydrogens is 242 g/mol. The SMILES string of the molecule is CC(=O)Nc1nc2ncc(C(=O)O)nc2c(=O)[nH]1. The van der Waals surface area contributed by atoms with Gasteiger partial charge in [-0.2, -0.15) is 4.98 Å². The topological polar surface area (TPSA) is 138 Å². The van der Waals surface area contributed by atoms with Crippen LogP contribution >= 0.6 is 0 Å². The van der Waals surface area contributed by atoms with Crippen LogP contribution in [-0.2, 0) is 4.79 Å². The summed E-state index contributed by atoms with van der Waals surface area (Å²) in [4.78, 5) is 46.5. The number of fused-ring (bicyclic) bond motifs is 1. The average Bonchev–Trinajstić information content (AvgIpc) is 2.27. The number of aromatic nitrogens is 4. The summed E-state index contributed by atoms with van der Waals surface area (Å²) in [6.07, 6.45) is 0.981. The van der Waals surface area contributed by atoms with E-state index in [1.807, 2.05) is 0 Å². The van der Waals surface area contributed by atoms with Gasteiger partial charge in [0, 0.05) is 6.92 Å². The minimum Gasteiger partial charge on any atom is -0.476 e. The first kappa shape index (κ1) is 11.6. The lowest BCUT2D eigenvalue weighted by Gasteiger charge is -2.02. The van der Waals surface area contributed by atoms with Crippen molar-refractivity contribution in [2.24, 2.45) is 0 Å². The van der Waals surface area contributed by atoms with Crippen molar-refractivity contribution in [3.63, 3.8) is 0 Å². The van der Waals surface area contributed by atoms with Crippen molar-refractivity contribution in [3.05, 3.63) is 22.2 Å². The van der Waals surface area contributed by atoms with Crippen molar-refractivity contribution in [2.45, 2.75) is 6.92 Å². The van der Waals surface area contributed by atoms with E-state index in [9.17, 15) is 14.4 Å². The fraction of sp³-hybridized carbons (Fsp3) is 0.111. The van der Waals surface area contributed by atoms with Gasteiger partial charge in [-0.05, 0) is 0 Å². The van der Waals surface area contributed by atoms with Gasteiger partial charge in [0.05, 0.1) is 6.20 Å². The van der Waals surface area contributed by atoms with Crippen LogP contribution in [0.4, 0.5) is 5.95 Å². The maximum absolute atomic E-state index is 11.6. The monoisotopic (exact) mass is 249 g/mol. The maximum Gasteiger partial charge on any atom is 0.356 e. The Morgan fingerprint density at radius 1 is 1.39 bits per heavy atom. The predicted molar refractivity (Wildman–Crippen MR) is 59.2 cm³/mol. The first-order chi connectivity index (χ1) is 8.47. The normalized spacial score (nSPS) is 10.3. The highest BCUT2D eigenvalue weighted by Crippen LogP contribution is 2.04. The Kier molecular flexibility index (Phi) is 2.72. The lowest BCUT2D eigenvalue weighted by Crippen LogP contribution is -2.18. The average molecular weight is 249 g/mol. The van der Waals surface area contributed by atoms with Gasteiger partial charge >= 0.3 is 5.97 Å². The molecule has 0 fully saturated rings. The van der Waals surface area contributed by atoms with Gasteiger partial charge in [0.1, 0.15) is 0 Å². The molecule has 2 aromatic heterocycles. The van der Waals surface area contributed by atoms with Crippen LogP contribution in [-0.4, -0.2) is 36.9 Å². The Morgan fingerprint density at radius 2 is 2.11 bits per heavy atom. The van der Waals surface area contributed by atoms with Crippen LogP contribution in [0.5, 0.6) is 0 Å². The molecule has 1 amide bonds. The van der Waals surface area contributed by atoms with Crippen LogP contribution in [0.1, 0.15) is 17.4 Å². The highest BCUT2D eigenvalue weighted by Gasteiger charge is 2.11. The van der Waals surface area contributed by atoms with Crippen LogP contribution < -0.4 is 10.9 Å². The molecule has 18 heavy (non-hydrogen) atoms. The Hall–Kier alpha value is -2.84. The van der Waals surface area contributed by atoms with Crippen molar-refractivity contribution in [1.82, 2.24) is 19.9 Å². The van der Waals surface area contributed by atoms with Gasteiger partial charge in [-0.15, -0.1) is 0 Å². The number of aromatic carboxylic acids is 1. The minimum absolute atomic E-state index is 0.0486. The van der Waals surface area contributed by atoms with E-state index in [1.54, 1.807) is 0 Å². The third-order valence-electron chi connectivity index (χ3n) is 1.93. The van der Waals surface area contributed by atoms with E-state index < -0.39 is 17.4 Å². The molecule has 9 nitrogen and oxygen atoms in total. The summed E-state index contributed by atoms with van der Waals surface area (Å²) in [5, 5.41) is 11.0. The van der Waals surface area contributed by atoms with Crippen LogP contribution in [0.15, 0.2) is 11.0 Å². The van der Waals surface area contributed by atoms with E-state index in [0.717, 1.165) is 6.20 Å². The van der Waals surface area contributed by atoms with E-state index in [0.29, 0.717) is 0 Å². The third-order valence-corrected chi connectivity index (χ3v) is 1.93. The Bertz CT molecular complexity index is 708. The van der Waals surface area contributed by atoms with E-state index >= 15 is 0 Å². The molecule has 0 unspecified atom stereocenters. The van der Waals surface area contributed by atoms with Crippen molar-refractivity contribution in [1.29, 1.82) is 0 Å². The second-order valence-electron chi connectivity index (χ2n) is 3.33. The van der Waals surface area contributed by atoms with Crippen molar-refractivity contribution >= 4 is 29.0 Å². The number of hydrogen-bond donors (Lipinski definition) is 3. The number of amides is 1. The molecule has 0 aliphatic rings. The van der Waals surface area contributed by atoms with Gasteiger partial charge in [0.2, 0.25) is 11.9 Å². The van der Waals surface area contributed by atoms with Gasteiger partial charge < -0.3 is 5.11 Å². The second kappa shape index (κ2) is 4.20. The summed E-state index contributed by atoms with van der Waals surface area (Å²) in [5.41, 5.74) is -1.29. The molecule has 3 N–H and O–H groups in total. The summed E-state index contributed by atoms with van der Waals surface area (Å²) < 4.78 is 0. The minimum atomic E-state index is -1.30. The summed E-state index contributed by atoms with van der Waals surface area (Å²) in [7, 11) is 0. The van der Waals surface area contributed by atoms with Crippen LogP contribution in [0, 0.1) is 0 Å². The molecule has 0 aromatic carbocycles. The summed E-state index contributed by atoms with van der Waals surface area (Å²) in [6.45, 7) is 1.25. The van der Waals surface area contributed by atoms with Gasteiger partial charge in [-0.3, -0.25) is 19.9 Å². The van der Waals surface area contributed by atoms with Crippen LogP contribution in [0.3, 0.4) is 0 Å². The van der Waals surface area contributed by atoms with Gasteiger partial charge in [0.15, 0.2) is 16.9 Å². The molecule has 0 saturated carbocycles. The molecule has 2 rings (SSSR count). The fourth-order valence-electron chi connectivity index (χ4n) is 1.25. The number of carboxylic acids is 1. The maximum atomic E-state index is 11.6. The van der Waals surface area contributed by atoms with Gasteiger partial charge in [0.25, 0.3) is 5.56 Å². The molecule has 0 saturated heterocycles. The van der Waals surface area contributed by atoms with E-state index in [1.165, 1.54) is 6.92 Å². The largest absolute Gasteiger partial charge is 0.476 e. The smallest absolute Gasteiger partial charge is 0.356 e. The van der Waals surface area contributed by atoms with E-state index in [2.05, 4.69) is 25.3 Å². The lowest BCUT2D eigenvalue weighted by atomic mass is 10.4. The molecular formula is C9H7N5O4. The molecule has 0 bridgehead atoms. The Morgan fingerprint density at radius 3 is 2.72 bits per heavy atom. The summed E-state index contributed by atoms with van der Waals surface area (Å²) >= 11 is 0. The highest BCUT2D eigenvalue weighted by molar-refractivity contribution is 5.88.